The fourth-order valence-electron chi connectivity index (χ4n) is 3.03. The van der Waals surface area contributed by atoms with E-state index in [4.69, 9.17) is 14.5 Å². The lowest BCUT2D eigenvalue weighted by Gasteiger charge is -2.42. The number of likely N-dealkylation sites (N-methyl/N-ethyl adjacent to an activating group) is 2. The number of aliphatic imine (C=N–C) groups is 1. The summed E-state index contributed by atoms with van der Waals surface area (Å²) in [5, 5.41) is 3.41. The van der Waals surface area contributed by atoms with Crippen molar-refractivity contribution in [1.82, 2.24) is 15.1 Å². The van der Waals surface area contributed by atoms with Gasteiger partial charge in [0.1, 0.15) is 0 Å². The molecule has 0 aromatic carbocycles. The molecule has 1 aliphatic carbocycles. The highest BCUT2D eigenvalue weighted by Gasteiger charge is 2.34. The van der Waals surface area contributed by atoms with Crippen molar-refractivity contribution in [2.24, 2.45) is 10.9 Å². The van der Waals surface area contributed by atoms with Gasteiger partial charge in [0.05, 0.1) is 13.2 Å². The Morgan fingerprint density at radius 1 is 1.24 bits per heavy atom. The second kappa shape index (κ2) is 11.6. The van der Waals surface area contributed by atoms with Crippen LogP contribution in [0.15, 0.2) is 4.99 Å². The highest BCUT2D eigenvalue weighted by atomic mass is 127. The molecular weight excluding hydrogens is 431 g/mol. The summed E-state index contributed by atoms with van der Waals surface area (Å²) in [6.45, 7) is 8.02. The molecule has 25 heavy (non-hydrogen) atoms. The molecule has 0 spiro atoms. The van der Waals surface area contributed by atoms with Crippen LogP contribution in [0.2, 0.25) is 0 Å². The first-order valence-electron chi connectivity index (χ1n) is 9.40. The number of hydrogen-bond donors (Lipinski definition) is 1. The van der Waals surface area contributed by atoms with Gasteiger partial charge in [-0.1, -0.05) is 0 Å². The Hall–Kier alpha value is -0.120. The normalized spacial score (nSPS) is 20.3. The largest absolute Gasteiger partial charge is 0.381 e. The molecule has 0 bridgehead atoms. The molecule has 0 radical (unpaired) electrons. The van der Waals surface area contributed by atoms with Crippen LogP contribution in [-0.2, 0) is 9.47 Å². The van der Waals surface area contributed by atoms with Crippen LogP contribution in [0.5, 0.6) is 0 Å². The van der Waals surface area contributed by atoms with Crippen molar-refractivity contribution in [3.05, 3.63) is 0 Å². The summed E-state index contributed by atoms with van der Waals surface area (Å²) in [5.41, 5.74) is 0.113. The molecule has 1 saturated heterocycles. The van der Waals surface area contributed by atoms with Crippen LogP contribution in [0.3, 0.4) is 0 Å². The van der Waals surface area contributed by atoms with E-state index in [0.29, 0.717) is 0 Å². The minimum Gasteiger partial charge on any atom is -0.381 e. The summed E-state index contributed by atoms with van der Waals surface area (Å²) in [7, 11) is 6.40. The maximum atomic E-state index is 5.76. The molecule has 2 fully saturated rings. The van der Waals surface area contributed by atoms with E-state index in [1.165, 1.54) is 12.8 Å². The molecule has 1 heterocycles. The Bertz CT molecular complexity index is 397. The van der Waals surface area contributed by atoms with E-state index in [0.717, 1.165) is 70.8 Å². The van der Waals surface area contributed by atoms with Crippen molar-refractivity contribution >= 4 is 29.9 Å². The Morgan fingerprint density at radius 3 is 2.48 bits per heavy atom. The molecule has 1 aliphatic heterocycles. The second-order valence-corrected chi connectivity index (χ2v) is 7.34. The van der Waals surface area contributed by atoms with Gasteiger partial charge in [0.25, 0.3) is 0 Å². The summed E-state index contributed by atoms with van der Waals surface area (Å²) in [5.74, 6) is 1.80. The maximum absolute atomic E-state index is 5.76. The highest BCUT2D eigenvalue weighted by molar-refractivity contribution is 14.0. The van der Waals surface area contributed by atoms with Gasteiger partial charge in [0.15, 0.2) is 5.96 Å². The van der Waals surface area contributed by atoms with Gasteiger partial charge < -0.3 is 24.6 Å². The first-order chi connectivity index (χ1) is 11.6. The van der Waals surface area contributed by atoms with Gasteiger partial charge >= 0.3 is 0 Å². The number of nitrogens with zero attached hydrogens (tertiary/aromatic N) is 3. The van der Waals surface area contributed by atoms with Crippen LogP contribution in [0.1, 0.15) is 32.6 Å². The van der Waals surface area contributed by atoms with Crippen LogP contribution in [-0.4, -0.2) is 88.5 Å². The van der Waals surface area contributed by atoms with Crippen LogP contribution >= 0.6 is 24.0 Å². The SMILES string of the molecule is CCNC(=NCC1(N(C)C)CCOCC1)N(C)CCOCC1CC1.I. The van der Waals surface area contributed by atoms with Crippen LogP contribution in [0, 0.1) is 5.92 Å². The number of ether oxygens (including phenoxy) is 2. The van der Waals surface area contributed by atoms with Crippen molar-refractivity contribution in [2.45, 2.75) is 38.1 Å². The predicted octanol–water partition coefficient (Wildman–Crippen LogP) is 2.04. The number of halogens is 1. The van der Waals surface area contributed by atoms with E-state index in [1.54, 1.807) is 0 Å². The Kier molecular flexibility index (Phi) is 10.6. The molecule has 7 heteroatoms. The molecule has 2 aliphatic rings. The summed E-state index contributed by atoms with van der Waals surface area (Å²) in [4.78, 5) is 9.44. The van der Waals surface area contributed by atoms with Crippen molar-refractivity contribution in [1.29, 1.82) is 0 Å². The van der Waals surface area contributed by atoms with E-state index < -0.39 is 0 Å². The van der Waals surface area contributed by atoms with Gasteiger partial charge in [0, 0.05) is 45.5 Å². The van der Waals surface area contributed by atoms with Crippen molar-refractivity contribution < 1.29 is 9.47 Å². The first-order valence-corrected chi connectivity index (χ1v) is 9.40. The average molecular weight is 468 g/mol. The van der Waals surface area contributed by atoms with Gasteiger partial charge in [-0.15, -0.1) is 24.0 Å². The average Bonchev–Trinajstić information content (AvgIpc) is 3.40. The third-order valence-corrected chi connectivity index (χ3v) is 5.21. The van der Waals surface area contributed by atoms with E-state index in [-0.39, 0.29) is 29.5 Å². The third-order valence-electron chi connectivity index (χ3n) is 5.21. The molecule has 1 N–H and O–H groups in total. The standard InChI is InChI=1S/C18H36N4O2.HI/c1-5-19-17(22(4)10-13-24-14-16-6-7-16)20-15-18(21(2)3)8-11-23-12-9-18;/h16H,5-15H2,1-4H3,(H,19,20);1H. The molecule has 0 aromatic heterocycles. The van der Waals surface area contributed by atoms with Gasteiger partial charge in [-0.2, -0.15) is 0 Å². The second-order valence-electron chi connectivity index (χ2n) is 7.34. The molecule has 0 atom stereocenters. The van der Waals surface area contributed by atoms with E-state index in [2.05, 4.69) is 43.2 Å². The van der Waals surface area contributed by atoms with E-state index >= 15 is 0 Å². The summed E-state index contributed by atoms with van der Waals surface area (Å²) in [6.07, 6.45) is 4.76. The molecule has 6 nitrogen and oxygen atoms in total. The Morgan fingerprint density at radius 2 is 1.92 bits per heavy atom. The summed E-state index contributed by atoms with van der Waals surface area (Å²) >= 11 is 0. The molecule has 2 rings (SSSR count). The molecule has 0 unspecified atom stereocenters. The Labute approximate surface area is 170 Å². The van der Waals surface area contributed by atoms with Crippen molar-refractivity contribution in [3.63, 3.8) is 0 Å². The van der Waals surface area contributed by atoms with Crippen LogP contribution in [0.4, 0.5) is 0 Å². The fourth-order valence-corrected chi connectivity index (χ4v) is 3.03. The van der Waals surface area contributed by atoms with E-state index in [9.17, 15) is 0 Å². The van der Waals surface area contributed by atoms with Gasteiger partial charge in [0.2, 0.25) is 0 Å². The molecule has 0 aromatic rings. The molecule has 1 saturated carbocycles. The van der Waals surface area contributed by atoms with Crippen LogP contribution < -0.4 is 5.32 Å². The first kappa shape index (κ1) is 22.9. The number of hydrogen-bond acceptors (Lipinski definition) is 4. The summed E-state index contributed by atoms with van der Waals surface area (Å²) < 4.78 is 11.3. The topological polar surface area (TPSA) is 49.3 Å². The molecule has 148 valence electrons. The third kappa shape index (κ3) is 7.56. The lowest BCUT2D eigenvalue weighted by Crippen LogP contribution is -2.52. The monoisotopic (exact) mass is 468 g/mol. The molecule has 0 amide bonds. The lowest BCUT2D eigenvalue weighted by atomic mass is 9.89. The predicted molar refractivity (Wildman–Crippen MR) is 114 cm³/mol. The fraction of sp³-hybridized carbons (Fsp3) is 0.944. The van der Waals surface area contributed by atoms with Crippen molar-refractivity contribution in [2.75, 3.05) is 67.2 Å². The van der Waals surface area contributed by atoms with E-state index in [1.807, 2.05) is 0 Å². The smallest absolute Gasteiger partial charge is 0.193 e. The highest BCUT2D eigenvalue weighted by Crippen LogP contribution is 2.28. The number of guanidine groups is 1. The van der Waals surface area contributed by atoms with Crippen LogP contribution in [0.25, 0.3) is 0 Å². The van der Waals surface area contributed by atoms with Gasteiger partial charge in [-0.3, -0.25) is 4.99 Å². The van der Waals surface area contributed by atoms with Crippen molar-refractivity contribution in [3.8, 4) is 0 Å². The lowest BCUT2D eigenvalue weighted by molar-refractivity contribution is -0.00264. The Balaban J connectivity index is 0.00000312. The van der Waals surface area contributed by atoms with Gasteiger partial charge in [-0.25, -0.2) is 0 Å². The zero-order chi connectivity index (χ0) is 17.4. The zero-order valence-electron chi connectivity index (χ0n) is 16.4. The van der Waals surface area contributed by atoms with Gasteiger partial charge in [-0.05, 0) is 52.6 Å². The minimum absolute atomic E-state index is 0. The maximum Gasteiger partial charge on any atom is 0.193 e. The molecular formula is C18H37IN4O2. The minimum atomic E-state index is 0. The zero-order valence-corrected chi connectivity index (χ0v) is 18.8. The number of rotatable bonds is 9. The quantitative estimate of drug-likeness (QED) is 0.243. The number of nitrogens with one attached hydrogen (secondary N) is 1. The summed E-state index contributed by atoms with van der Waals surface area (Å²) in [6, 6.07) is 0.